The van der Waals surface area contributed by atoms with E-state index in [1.54, 1.807) is 0 Å². The lowest BCUT2D eigenvalue weighted by molar-refractivity contribution is 1.39. The van der Waals surface area contributed by atoms with E-state index in [1.807, 2.05) is 61.1 Å². The van der Waals surface area contributed by atoms with E-state index in [0.717, 1.165) is 110 Å². The van der Waals surface area contributed by atoms with E-state index < -0.39 is 0 Å². The second-order valence-corrected chi connectivity index (χ2v) is 13.4. The van der Waals surface area contributed by atoms with Gasteiger partial charge in [-0.05, 0) is 88.1 Å². The maximum Gasteiger partial charge on any atom is 0.0979 e. The van der Waals surface area contributed by atoms with E-state index in [4.69, 9.17) is 24.9 Å². The number of hydrogen-bond acceptors (Lipinski definition) is 5. The van der Waals surface area contributed by atoms with Gasteiger partial charge >= 0.3 is 0 Å². The lowest BCUT2D eigenvalue weighted by Gasteiger charge is -2.14. The molecule has 5 nitrogen and oxygen atoms in total. The fraction of sp³-hybridized carbons (Fsp3) is 0. The van der Waals surface area contributed by atoms with Crippen LogP contribution in [0.3, 0.4) is 0 Å². The fourth-order valence-corrected chi connectivity index (χ4v) is 7.60. The summed E-state index contributed by atoms with van der Waals surface area (Å²) >= 11 is 0. The summed E-state index contributed by atoms with van der Waals surface area (Å²) in [5.41, 5.74) is 12.9. The maximum absolute atomic E-state index is 5.36. The van der Waals surface area contributed by atoms with Crippen molar-refractivity contribution in [3.05, 3.63) is 164 Å². The Hall–Kier alpha value is -7.11. The standard InChI is InChI=1S/C47H27N5/c1-4-10-41-31(7-1)19-34(25-48-41)28-13-16-37-39(22-28)40-23-29(35-20-32-8-2-5-11-42(32)49-26-35)14-17-38(40)47-46(37)51-44-18-15-30(24-45(44)52-47)36-21-33-9-3-6-12-43(33)50-27-36/h1-27H. The summed E-state index contributed by atoms with van der Waals surface area (Å²) in [5, 5.41) is 7.70. The molecule has 0 aliphatic heterocycles. The molecule has 0 fully saturated rings. The Morgan fingerprint density at radius 1 is 0.269 bits per heavy atom. The van der Waals surface area contributed by atoms with Gasteiger partial charge in [0, 0.05) is 62.2 Å². The number of para-hydroxylation sites is 3. The normalized spacial score (nSPS) is 11.8. The van der Waals surface area contributed by atoms with Gasteiger partial charge in [-0.15, -0.1) is 0 Å². The number of aromatic nitrogens is 5. The van der Waals surface area contributed by atoms with E-state index >= 15 is 0 Å². The van der Waals surface area contributed by atoms with Crippen LogP contribution < -0.4 is 0 Å². The lowest BCUT2D eigenvalue weighted by atomic mass is 9.93. The summed E-state index contributed by atoms with van der Waals surface area (Å²) < 4.78 is 0. The summed E-state index contributed by atoms with van der Waals surface area (Å²) in [6.07, 6.45) is 5.87. The molecule has 0 aliphatic carbocycles. The van der Waals surface area contributed by atoms with E-state index in [0.29, 0.717) is 0 Å². The summed E-state index contributed by atoms with van der Waals surface area (Å²) in [6.45, 7) is 0. The summed E-state index contributed by atoms with van der Waals surface area (Å²) in [5.74, 6) is 0. The Bertz CT molecular complexity index is 3260. The quantitative estimate of drug-likeness (QED) is 0.139. The highest BCUT2D eigenvalue weighted by Gasteiger charge is 2.16. The Labute approximate surface area is 297 Å². The molecule has 11 rings (SSSR count). The van der Waals surface area contributed by atoms with Crippen molar-refractivity contribution < 1.29 is 0 Å². The Balaban J connectivity index is 1.15. The third-order valence-corrected chi connectivity index (χ3v) is 10.3. The van der Waals surface area contributed by atoms with E-state index in [-0.39, 0.29) is 0 Å². The van der Waals surface area contributed by atoms with Gasteiger partial charge < -0.3 is 0 Å². The molecule has 7 aromatic carbocycles. The number of hydrogen-bond donors (Lipinski definition) is 0. The van der Waals surface area contributed by atoms with Gasteiger partial charge in [-0.3, -0.25) is 15.0 Å². The highest BCUT2D eigenvalue weighted by atomic mass is 14.8. The smallest absolute Gasteiger partial charge is 0.0979 e. The average molecular weight is 662 g/mol. The molecular weight excluding hydrogens is 635 g/mol. The second kappa shape index (κ2) is 11.2. The highest BCUT2D eigenvalue weighted by molar-refractivity contribution is 6.25. The first-order chi connectivity index (χ1) is 25.7. The zero-order valence-corrected chi connectivity index (χ0v) is 27.8. The minimum absolute atomic E-state index is 0.848. The monoisotopic (exact) mass is 661 g/mol. The van der Waals surface area contributed by atoms with Crippen LogP contribution >= 0.6 is 0 Å². The van der Waals surface area contributed by atoms with E-state index in [1.165, 1.54) is 0 Å². The van der Waals surface area contributed by atoms with Gasteiger partial charge in [-0.2, -0.15) is 0 Å². The Kier molecular flexibility index (Phi) is 6.18. The average Bonchev–Trinajstić information content (AvgIpc) is 3.22. The molecule has 0 atom stereocenters. The minimum atomic E-state index is 0.848. The predicted molar refractivity (Wildman–Crippen MR) is 214 cm³/mol. The molecule has 4 heterocycles. The van der Waals surface area contributed by atoms with Crippen LogP contribution in [0.25, 0.3) is 110 Å². The molecular formula is C47H27N5. The van der Waals surface area contributed by atoms with Gasteiger partial charge in [-0.25, -0.2) is 9.97 Å². The number of benzene rings is 7. The van der Waals surface area contributed by atoms with Crippen molar-refractivity contribution in [1.29, 1.82) is 0 Å². The number of rotatable bonds is 3. The molecule has 240 valence electrons. The zero-order valence-electron chi connectivity index (χ0n) is 27.8. The molecule has 52 heavy (non-hydrogen) atoms. The summed E-state index contributed by atoms with van der Waals surface area (Å²) in [6, 6.07) is 51.0. The number of pyridine rings is 3. The lowest BCUT2D eigenvalue weighted by Crippen LogP contribution is -1.93. The van der Waals surface area contributed by atoms with E-state index in [9.17, 15) is 0 Å². The van der Waals surface area contributed by atoms with Crippen LogP contribution in [0.5, 0.6) is 0 Å². The van der Waals surface area contributed by atoms with Crippen molar-refractivity contribution in [3.63, 3.8) is 0 Å². The van der Waals surface area contributed by atoms with Crippen LogP contribution in [0.15, 0.2) is 164 Å². The van der Waals surface area contributed by atoms with Gasteiger partial charge in [0.25, 0.3) is 0 Å². The van der Waals surface area contributed by atoms with Crippen LogP contribution in [-0.2, 0) is 0 Å². The molecule has 0 spiro atoms. The summed E-state index contributed by atoms with van der Waals surface area (Å²) in [7, 11) is 0. The van der Waals surface area contributed by atoms with Gasteiger partial charge in [0.2, 0.25) is 0 Å². The first kappa shape index (κ1) is 28.7. The molecule has 0 N–H and O–H groups in total. The molecule has 0 saturated carbocycles. The van der Waals surface area contributed by atoms with Crippen molar-refractivity contribution in [3.8, 4) is 33.4 Å². The third-order valence-electron chi connectivity index (χ3n) is 10.3. The van der Waals surface area contributed by atoms with Crippen LogP contribution in [0.4, 0.5) is 0 Å². The van der Waals surface area contributed by atoms with Crippen molar-refractivity contribution in [2.24, 2.45) is 0 Å². The molecule has 5 heteroatoms. The fourth-order valence-electron chi connectivity index (χ4n) is 7.60. The first-order valence-electron chi connectivity index (χ1n) is 17.4. The molecule has 0 bridgehead atoms. The molecule has 0 aliphatic rings. The van der Waals surface area contributed by atoms with Crippen LogP contribution in [0.2, 0.25) is 0 Å². The topological polar surface area (TPSA) is 64.5 Å². The SMILES string of the molecule is c1ccc2ncc(-c3ccc4nc5c6ccc(-c7cnc8ccccc8c7)cc6c6cc(-c7cnc8ccccc8c7)ccc6c5nc4c3)cc2c1. The van der Waals surface area contributed by atoms with Crippen molar-refractivity contribution >= 4 is 76.3 Å². The van der Waals surface area contributed by atoms with Crippen molar-refractivity contribution in [1.82, 2.24) is 24.9 Å². The third kappa shape index (κ3) is 4.60. The van der Waals surface area contributed by atoms with Crippen molar-refractivity contribution in [2.45, 2.75) is 0 Å². The summed E-state index contributed by atoms with van der Waals surface area (Å²) in [4.78, 5) is 24.9. The second-order valence-electron chi connectivity index (χ2n) is 13.4. The Morgan fingerprint density at radius 2 is 0.673 bits per heavy atom. The molecule has 0 amide bonds. The van der Waals surface area contributed by atoms with Gasteiger partial charge in [-0.1, -0.05) is 84.9 Å². The van der Waals surface area contributed by atoms with Crippen LogP contribution in [0.1, 0.15) is 0 Å². The van der Waals surface area contributed by atoms with Gasteiger partial charge in [0.1, 0.15) is 0 Å². The Morgan fingerprint density at radius 3 is 1.15 bits per heavy atom. The van der Waals surface area contributed by atoms with Crippen LogP contribution in [0, 0.1) is 0 Å². The predicted octanol–water partition coefficient (Wildman–Crippen LogP) is 11.7. The first-order valence-corrected chi connectivity index (χ1v) is 17.4. The van der Waals surface area contributed by atoms with Crippen molar-refractivity contribution in [2.75, 3.05) is 0 Å². The van der Waals surface area contributed by atoms with Gasteiger partial charge in [0.15, 0.2) is 0 Å². The molecule has 4 aromatic heterocycles. The molecule has 0 radical (unpaired) electrons. The highest BCUT2D eigenvalue weighted by Crippen LogP contribution is 2.39. The zero-order chi connectivity index (χ0) is 34.2. The largest absolute Gasteiger partial charge is 0.256 e. The minimum Gasteiger partial charge on any atom is -0.256 e. The van der Waals surface area contributed by atoms with Gasteiger partial charge in [0.05, 0.1) is 38.6 Å². The van der Waals surface area contributed by atoms with E-state index in [2.05, 4.69) is 103 Å². The maximum atomic E-state index is 5.36. The molecule has 0 unspecified atom stereocenters. The number of nitrogens with zero attached hydrogens (tertiary/aromatic N) is 5. The molecule has 11 aromatic rings. The number of fused-ring (bicyclic) bond motifs is 10. The van der Waals surface area contributed by atoms with Crippen LogP contribution in [-0.4, -0.2) is 24.9 Å². The molecule has 0 saturated heterocycles.